The van der Waals surface area contributed by atoms with Crippen LogP contribution in [0, 0.1) is 11.6 Å². The molecule has 2 aromatic carbocycles. The lowest BCUT2D eigenvalue weighted by atomic mass is 10.1. The fourth-order valence-corrected chi connectivity index (χ4v) is 2.66. The Labute approximate surface area is 132 Å². The average molecular weight is 318 g/mol. The fourth-order valence-electron chi connectivity index (χ4n) is 2.66. The Kier molecular flexibility index (Phi) is 4.14. The Hall–Kier alpha value is -2.63. The Morgan fingerprint density at radius 1 is 0.957 bits per heavy atom. The van der Waals surface area contributed by atoms with Gasteiger partial charge in [0, 0.05) is 37.9 Å². The molecule has 0 spiro atoms. The third kappa shape index (κ3) is 3.26. The zero-order chi connectivity index (χ0) is 16.4. The van der Waals surface area contributed by atoms with Gasteiger partial charge >= 0.3 is 0 Å². The summed E-state index contributed by atoms with van der Waals surface area (Å²) >= 11 is 0. The number of benzene rings is 2. The van der Waals surface area contributed by atoms with Crippen molar-refractivity contribution in [2.45, 2.75) is 0 Å². The topological polar surface area (TPSA) is 43.8 Å². The van der Waals surface area contributed by atoms with Crippen LogP contribution in [-0.4, -0.2) is 42.1 Å². The maximum Gasteiger partial charge on any atom is 0.256 e. The van der Waals surface area contributed by atoms with E-state index < -0.39 is 17.5 Å². The molecule has 3 rings (SSSR count). The number of piperazine rings is 1. The van der Waals surface area contributed by atoms with Crippen molar-refractivity contribution in [2.75, 3.05) is 31.1 Å². The highest BCUT2D eigenvalue weighted by molar-refractivity contribution is 5.94. The summed E-state index contributed by atoms with van der Waals surface area (Å²) in [5.74, 6) is -1.76. The van der Waals surface area contributed by atoms with Crippen LogP contribution in [0.25, 0.3) is 0 Å². The van der Waals surface area contributed by atoms with Gasteiger partial charge in [0.2, 0.25) is 0 Å². The van der Waals surface area contributed by atoms with E-state index in [0.29, 0.717) is 26.2 Å². The molecule has 0 unspecified atom stereocenters. The van der Waals surface area contributed by atoms with Gasteiger partial charge in [0.05, 0.1) is 5.56 Å². The van der Waals surface area contributed by atoms with E-state index in [4.69, 9.17) is 0 Å². The normalized spacial score (nSPS) is 14.9. The second-order valence-electron chi connectivity index (χ2n) is 5.42. The monoisotopic (exact) mass is 318 g/mol. The molecule has 0 bridgehead atoms. The first-order chi connectivity index (χ1) is 11.0. The molecule has 6 heteroatoms. The van der Waals surface area contributed by atoms with Crippen LogP contribution >= 0.6 is 0 Å². The van der Waals surface area contributed by atoms with E-state index >= 15 is 0 Å². The minimum Gasteiger partial charge on any atom is -0.508 e. The molecule has 120 valence electrons. The number of carbonyl (C=O) groups is 1. The molecule has 1 heterocycles. The van der Waals surface area contributed by atoms with E-state index in [-0.39, 0.29) is 11.3 Å². The van der Waals surface area contributed by atoms with Crippen molar-refractivity contribution in [1.29, 1.82) is 0 Å². The maximum absolute atomic E-state index is 13.7. The third-order valence-electron chi connectivity index (χ3n) is 3.94. The van der Waals surface area contributed by atoms with Gasteiger partial charge < -0.3 is 14.9 Å². The van der Waals surface area contributed by atoms with E-state index in [0.717, 1.165) is 17.8 Å². The Morgan fingerprint density at radius 2 is 1.61 bits per heavy atom. The molecule has 2 aromatic rings. The second-order valence-corrected chi connectivity index (χ2v) is 5.42. The molecule has 1 N–H and O–H groups in total. The molecular formula is C17H16F2N2O2. The van der Waals surface area contributed by atoms with Gasteiger partial charge in [-0.15, -0.1) is 0 Å². The zero-order valence-electron chi connectivity index (χ0n) is 12.4. The first-order valence-corrected chi connectivity index (χ1v) is 7.33. The smallest absolute Gasteiger partial charge is 0.256 e. The van der Waals surface area contributed by atoms with Crippen molar-refractivity contribution in [1.82, 2.24) is 4.90 Å². The summed E-state index contributed by atoms with van der Waals surface area (Å²) in [7, 11) is 0. The lowest BCUT2D eigenvalue weighted by Crippen LogP contribution is -2.49. The Bertz CT molecular complexity index is 711. The molecule has 1 fully saturated rings. The number of nitrogens with zero attached hydrogens (tertiary/aromatic N) is 2. The average Bonchev–Trinajstić information content (AvgIpc) is 2.55. The predicted octanol–water partition coefficient (Wildman–Crippen LogP) is 2.63. The van der Waals surface area contributed by atoms with Gasteiger partial charge in [-0.2, -0.15) is 0 Å². The number of carbonyl (C=O) groups excluding carboxylic acids is 1. The molecule has 23 heavy (non-hydrogen) atoms. The Morgan fingerprint density at radius 3 is 2.22 bits per heavy atom. The van der Waals surface area contributed by atoms with Crippen molar-refractivity contribution < 1.29 is 18.7 Å². The number of phenolic OH excluding ortho intramolecular Hbond substituents is 1. The van der Waals surface area contributed by atoms with Crippen molar-refractivity contribution in [3.63, 3.8) is 0 Å². The van der Waals surface area contributed by atoms with Crippen LogP contribution in [0.2, 0.25) is 0 Å². The van der Waals surface area contributed by atoms with E-state index in [1.54, 1.807) is 17.0 Å². The standard InChI is InChI=1S/C17H16F2N2O2/c18-12-1-6-15(16(19)11-12)17(23)21-9-7-20(8-10-21)13-2-4-14(22)5-3-13/h1-6,11,22H,7-10H2. The summed E-state index contributed by atoms with van der Waals surface area (Å²) in [6, 6.07) is 9.84. The first kappa shape index (κ1) is 15.3. The summed E-state index contributed by atoms with van der Waals surface area (Å²) in [6.07, 6.45) is 0. The molecule has 0 aliphatic carbocycles. The van der Waals surface area contributed by atoms with Gasteiger partial charge in [-0.05, 0) is 36.4 Å². The molecule has 1 aliphatic rings. The number of anilines is 1. The van der Waals surface area contributed by atoms with Gasteiger partial charge in [-0.1, -0.05) is 0 Å². The lowest BCUT2D eigenvalue weighted by Gasteiger charge is -2.36. The molecule has 0 aromatic heterocycles. The van der Waals surface area contributed by atoms with Gasteiger partial charge in [-0.3, -0.25) is 4.79 Å². The van der Waals surface area contributed by atoms with Gasteiger partial charge in [0.25, 0.3) is 5.91 Å². The van der Waals surface area contributed by atoms with Crippen molar-refractivity contribution in [3.05, 3.63) is 59.7 Å². The number of hydrogen-bond acceptors (Lipinski definition) is 3. The molecule has 1 amide bonds. The highest BCUT2D eigenvalue weighted by Gasteiger charge is 2.24. The molecule has 0 saturated carbocycles. The summed E-state index contributed by atoms with van der Waals surface area (Å²) < 4.78 is 26.6. The van der Waals surface area contributed by atoms with Gasteiger partial charge in [0.15, 0.2) is 0 Å². The molecule has 1 saturated heterocycles. The summed E-state index contributed by atoms with van der Waals surface area (Å²) in [6.45, 7) is 2.13. The van der Waals surface area contributed by atoms with Crippen LogP contribution in [0.3, 0.4) is 0 Å². The number of phenols is 1. The number of aromatic hydroxyl groups is 1. The highest BCUT2D eigenvalue weighted by Crippen LogP contribution is 2.21. The van der Waals surface area contributed by atoms with E-state index in [9.17, 15) is 18.7 Å². The largest absolute Gasteiger partial charge is 0.508 e. The number of halogens is 2. The molecular weight excluding hydrogens is 302 g/mol. The van der Waals surface area contributed by atoms with Crippen molar-refractivity contribution >= 4 is 11.6 Å². The van der Waals surface area contributed by atoms with Crippen molar-refractivity contribution in [2.24, 2.45) is 0 Å². The maximum atomic E-state index is 13.7. The lowest BCUT2D eigenvalue weighted by molar-refractivity contribution is 0.0742. The van der Waals surface area contributed by atoms with Crippen LogP contribution in [-0.2, 0) is 0 Å². The number of hydrogen-bond donors (Lipinski definition) is 1. The third-order valence-corrected chi connectivity index (χ3v) is 3.94. The molecule has 0 radical (unpaired) electrons. The van der Waals surface area contributed by atoms with Crippen LogP contribution in [0.1, 0.15) is 10.4 Å². The second kappa shape index (κ2) is 6.24. The van der Waals surface area contributed by atoms with E-state index in [2.05, 4.69) is 4.90 Å². The predicted molar refractivity (Wildman–Crippen MR) is 82.6 cm³/mol. The van der Waals surface area contributed by atoms with Crippen LogP contribution in [0.4, 0.5) is 14.5 Å². The number of rotatable bonds is 2. The molecule has 1 aliphatic heterocycles. The van der Waals surface area contributed by atoms with Crippen molar-refractivity contribution in [3.8, 4) is 5.75 Å². The highest BCUT2D eigenvalue weighted by atomic mass is 19.1. The fraction of sp³-hybridized carbons (Fsp3) is 0.235. The minimum absolute atomic E-state index is 0.107. The van der Waals surface area contributed by atoms with Gasteiger partial charge in [-0.25, -0.2) is 8.78 Å². The van der Waals surface area contributed by atoms with Gasteiger partial charge in [0.1, 0.15) is 17.4 Å². The number of amides is 1. The minimum atomic E-state index is -0.837. The van der Waals surface area contributed by atoms with E-state index in [1.165, 1.54) is 6.07 Å². The van der Waals surface area contributed by atoms with E-state index in [1.807, 2.05) is 12.1 Å². The van der Waals surface area contributed by atoms with Crippen LogP contribution in [0.15, 0.2) is 42.5 Å². The summed E-state index contributed by atoms with van der Waals surface area (Å²) in [5.41, 5.74) is 0.854. The van der Waals surface area contributed by atoms with Crippen LogP contribution in [0.5, 0.6) is 5.75 Å². The summed E-state index contributed by atoms with van der Waals surface area (Å²) in [4.78, 5) is 16.0. The summed E-state index contributed by atoms with van der Waals surface area (Å²) in [5, 5.41) is 9.31. The molecule has 0 atom stereocenters. The quantitative estimate of drug-likeness (QED) is 0.926. The Balaban J connectivity index is 1.66. The molecule has 4 nitrogen and oxygen atoms in total. The van der Waals surface area contributed by atoms with Crippen LogP contribution < -0.4 is 4.90 Å². The SMILES string of the molecule is O=C(c1ccc(F)cc1F)N1CCN(c2ccc(O)cc2)CC1. The first-order valence-electron chi connectivity index (χ1n) is 7.33. The zero-order valence-corrected chi connectivity index (χ0v) is 12.4.